The molecule has 1 saturated heterocycles. The van der Waals surface area contributed by atoms with Gasteiger partial charge in [0.15, 0.2) is 0 Å². The lowest BCUT2D eigenvalue weighted by molar-refractivity contribution is -0.111. The van der Waals surface area contributed by atoms with Crippen LogP contribution in [0.2, 0.25) is 0 Å². The summed E-state index contributed by atoms with van der Waals surface area (Å²) in [6, 6.07) is 9.96. The number of carbonyl (C=O) groups excluding carboxylic acids is 2. The van der Waals surface area contributed by atoms with Crippen molar-refractivity contribution in [1.29, 1.82) is 0 Å². The van der Waals surface area contributed by atoms with E-state index in [0.29, 0.717) is 42.2 Å². The second kappa shape index (κ2) is 8.28. The van der Waals surface area contributed by atoms with Gasteiger partial charge in [-0.2, -0.15) is 0 Å². The van der Waals surface area contributed by atoms with E-state index in [9.17, 15) is 14.4 Å². The molecule has 2 amide bonds. The van der Waals surface area contributed by atoms with Crippen LogP contribution in [-0.2, 0) is 11.2 Å². The third kappa shape index (κ3) is 4.27. The van der Waals surface area contributed by atoms with Crippen molar-refractivity contribution in [1.82, 2.24) is 19.9 Å². The van der Waals surface area contributed by atoms with E-state index in [-0.39, 0.29) is 23.3 Å². The van der Waals surface area contributed by atoms with Gasteiger partial charge in [0.05, 0.1) is 0 Å². The van der Waals surface area contributed by atoms with Gasteiger partial charge in [-0.05, 0) is 48.7 Å². The zero-order valence-electron chi connectivity index (χ0n) is 16.3. The van der Waals surface area contributed by atoms with Crippen LogP contribution in [0.4, 0.5) is 5.69 Å². The Bertz CT molecular complexity index is 1170. The first kappa shape index (κ1) is 19.5. The molecule has 1 aromatic carbocycles. The highest BCUT2D eigenvalue weighted by Gasteiger charge is 2.27. The molecule has 1 fully saturated rings. The summed E-state index contributed by atoms with van der Waals surface area (Å²) in [5, 5.41) is 3.45. The molecule has 3 aromatic rings. The number of carbonyl (C=O) groups is 2. The van der Waals surface area contributed by atoms with Crippen LogP contribution in [0.5, 0.6) is 0 Å². The minimum Gasteiger partial charge on any atom is -0.338 e. The van der Waals surface area contributed by atoms with E-state index in [1.807, 2.05) is 4.90 Å². The van der Waals surface area contributed by atoms with Gasteiger partial charge in [0, 0.05) is 48.4 Å². The Morgan fingerprint density at radius 2 is 2.03 bits per heavy atom. The molecule has 30 heavy (non-hydrogen) atoms. The van der Waals surface area contributed by atoms with Gasteiger partial charge in [0.1, 0.15) is 11.5 Å². The Hall–Kier alpha value is -3.81. The molecule has 1 aliphatic rings. The number of hydrogen-bond acceptors (Lipinski definition) is 5. The summed E-state index contributed by atoms with van der Waals surface area (Å²) in [5.74, 6) is 0.582. The van der Waals surface area contributed by atoms with Gasteiger partial charge in [-0.1, -0.05) is 6.58 Å². The third-order valence-corrected chi connectivity index (χ3v) is 5.15. The molecule has 1 aliphatic heterocycles. The fourth-order valence-electron chi connectivity index (χ4n) is 3.59. The smallest absolute Gasteiger partial charge is 0.253 e. The highest BCUT2D eigenvalue weighted by Crippen LogP contribution is 2.22. The monoisotopic (exact) mass is 403 g/mol. The van der Waals surface area contributed by atoms with Crippen molar-refractivity contribution < 1.29 is 9.59 Å². The van der Waals surface area contributed by atoms with Gasteiger partial charge >= 0.3 is 0 Å². The van der Waals surface area contributed by atoms with Crippen LogP contribution in [0, 0.1) is 5.92 Å². The topological polar surface area (TPSA) is 108 Å². The van der Waals surface area contributed by atoms with E-state index in [4.69, 9.17) is 0 Å². The van der Waals surface area contributed by atoms with Crippen LogP contribution >= 0.6 is 0 Å². The minimum atomic E-state index is -0.295. The fraction of sp³-hybridized carbons (Fsp3) is 0.227. The number of fused-ring (bicyclic) bond motifs is 1. The summed E-state index contributed by atoms with van der Waals surface area (Å²) < 4.78 is 0. The lowest BCUT2D eigenvalue weighted by atomic mass is 10.0. The lowest BCUT2D eigenvalue weighted by Crippen LogP contribution is -2.29. The molecule has 3 heterocycles. The van der Waals surface area contributed by atoms with Crippen molar-refractivity contribution in [2.24, 2.45) is 5.92 Å². The summed E-state index contributed by atoms with van der Waals surface area (Å²) >= 11 is 0. The highest BCUT2D eigenvalue weighted by atomic mass is 16.2. The van der Waals surface area contributed by atoms with Gasteiger partial charge in [-0.3, -0.25) is 14.4 Å². The molecule has 2 aromatic heterocycles. The number of nitrogens with one attached hydrogen (secondary N) is 2. The second-order valence-corrected chi connectivity index (χ2v) is 7.29. The zero-order chi connectivity index (χ0) is 21.1. The Morgan fingerprint density at radius 1 is 1.23 bits per heavy atom. The van der Waals surface area contributed by atoms with Gasteiger partial charge in [-0.25, -0.2) is 9.97 Å². The third-order valence-electron chi connectivity index (χ3n) is 5.15. The normalized spacial score (nSPS) is 15.9. The number of amides is 2. The van der Waals surface area contributed by atoms with E-state index in [1.54, 1.807) is 36.5 Å². The first-order chi connectivity index (χ1) is 14.5. The number of aromatic nitrogens is 3. The average molecular weight is 403 g/mol. The summed E-state index contributed by atoms with van der Waals surface area (Å²) in [7, 11) is 0. The van der Waals surface area contributed by atoms with Crippen molar-refractivity contribution in [3.63, 3.8) is 0 Å². The predicted octanol–water partition coefficient (Wildman–Crippen LogP) is 2.15. The number of likely N-dealkylation sites (tertiary alicyclic amines) is 1. The highest BCUT2D eigenvalue weighted by molar-refractivity contribution is 5.99. The molecular weight excluding hydrogens is 382 g/mol. The van der Waals surface area contributed by atoms with Gasteiger partial charge < -0.3 is 15.2 Å². The first-order valence-electron chi connectivity index (χ1n) is 9.69. The van der Waals surface area contributed by atoms with E-state index in [1.165, 1.54) is 12.1 Å². The van der Waals surface area contributed by atoms with Crippen LogP contribution in [-0.4, -0.2) is 44.8 Å². The van der Waals surface area contributed by atoms with E-state index >= 15 is 0 Å². The number of benzene rings is 1. The maximum absolute atomic E-state index is 12.8. The van der Waals surface area contributed by atoms with Gasteiger partial charge in [0.25, 0.3) is 5.91 Å². The van der Waals surface area contributed by atoms with E-state index in [0.717, 1.165) is 11.8 Å². The molecule has 8 nitrogen and oxygen atoms in total. The summed E-state index contributed by atoms with van der Waals surface area (Å²) in [6.45, 7) is 4.71. The summed E-state index contributed by atoms with van der Waals surface area (Å²) in [4.78, 5) is 49.0. The lowest BCUT2D eigenvalue weighted by Gasteiger charge is -2.17. The predicted molar refractivity (Wildman–Crippen MR) is 113 cm³/mol. The van der Waals surface area contributed by atoms with Crippen LogP contribution in [0.15, 0.2) is 60.0 Å². The van der Waals surface area contributed by atoms with E-state index in [2.05, 4.69) is 26.8 Å². The fourth-order valence-corrected chi connectivity index (χ4v) is 3.59. The zero-order valence-corrected chi connectivity index (χ0v) is 16.3. The van der Waals surface area contributed by atoms with Crippen LogP contribution in [0.25, 0.3) is 11.0 Å². The molecule has 8 heteroatoms. The molecule has 0 saturated carbocycles. The molecule has 0 aliphatic carbocycles. The van der Waals surface area contributed by atoms with Crippen LogP contribution in [0.3, 0.4) is 0 Å². The number of pyridine rings is 1. The van der Waals surface area contributed by atoms with E-state index < -0.39 is 0 Å². The minimum absolute atomic E-state index is 0.0390. The number of aromatic amines is 1. The number of anilines is 1. The number of hydrogen-bond donors (Lipinski definition) is 2. The van der Waals surface area contributed by atoms with Gasteiger partial charge in [-0.15, -0.1) is 0 Å². The Labute approximate surface area is 172 Å². The maximum atomic E-state index is 12.8. The SMILES string of the molecule is C=CC(=O)Nc1ccc(C(=O)N2CC[C@@H](Cc3ncc4ccc(=O)[nH]c4n3)C2)cc1. The summed E-state index contributed by atoms with van der Waals surface area (Å²) in [6.07, 6.45) is 4.41. The van der Waals surface area contributed by atoms with Crippen molar-refractivity contribution in [3.8, 4) is 0 Å². The van der Waals surface area contributed by atoms with Crippen LogP contribution < -0.4 is 10.9 Å². The number of rotatable bonds is 5. The Morgan fingerprint density at radius 3 is 2.80 bits per heavy atom. The molecular formula is C22H21N5O3. The van der Waals surface area contributed by atoms with Crippen molar-refractivity contribution in [3.05, 3.63) is 77.0 Å². The quantitative estimate of drug-likeness (QED) is 0.635. The molecule has 1 atom stereocenters. The van der Waals surface area contributed by atoms with Crippen molar-refractivity contribution in [2.45, 2.75) is 12.8 Å². The molecule has 0 bridgehead atoms. The van der Waals surface area contributed by atoms with Crippen molar-refractivity contribution >= 4 is 28.5 Å². The standard InChI is InChI=1S/C22H21N5O3/c1-2-19(28)24-17-6-3-15(4-7-17)22(30)27-10-9-14(13-27)11-18-23-12-16-5-8-20(29)26-21(16)25-18/h2-8,12,14H,1,9-11,13H2,(H,24,28)(H,23,25,26,29)/t14-/m0/s1. The molecule has 4 rings (SSSR count). The Balaban J connectivity index is 1.39. The number of H-pyrrole nitrogens is 1. The summed E-state index contributed by atoms with van der Waals surface area (Å²) in [5.41, 5.74) is 1.52. The van der Waals surface area contributed by atoms with Crippen LogP contribution in [0.1, 0.15) is 22.6 Å². The van der Waals surface area contributed by atoms with Crippen molar-refractivity contribution in [2.75, 3.05) is 18.4 Å². The largest absolute Gasteiger partial charge is 0.338 e. The Kier molecular flexibility index (Phi) is 5.38. The average Bonchev–Trinajstić information content (AvgIpc) is 3.22. The maximum Gasteiger partial charge on any atom is 0.253 e. The second-order valence-electron chi connectivity index (χ2n) is 7.29. The number of nitrogens with zero attached hydrogens (tertiary/aromatic N) is 3. The molecule has 152 valence electrons. The molecule has 2 N–H and O–H groups in total. The molecule has 0 unspecified atom stereocenters. The molecule has 0 radical (unpaired) electrons. The molecule has 0 spiro atoms. The first-order valence-corrected chi connectivity index (χ1v) is 9.69. The van der Waals surface area contributed by atoms with Gasteiger partial charge in [0.2, 0.25) is 11.5 Å².